The third-order valence-electron chi connectivity index (χ3n) is 5.49. The number of ether oxygens (including phenoxy) is 2. The molecule has 27 heavy (non-hydrogen) atoms. The van der Waals surface area contributed by atoms with E-state index in [0.29, 0.717) is 12.0 Å². The third kappa shape index (κ3) is 6.40. The molecule has 3 atom stereocenters. The van der Waals surface area contributed by atoms with E-state index in [9.17, 15) is 0 Å². The summed E-state index contributed by atoms with van der Waals surface area (Å²) in [5.74, 6) is 2.48. The Kier molecular flexibility index (Phi) is 7.36. The van der Waals surface area contributed by atoms with Gasteiger partial charge in [-0.15, -0.1) is 0 Å². The molecule has 0 bridgehead atoms. The SMILES string of the molecule is C=C(N)CCCN1CCCC1COC1C=CC(OC2=CCC(C)C=C2)=CC1. The summed E-state index contributed by atoms with van der Waals surface area (Å²) in [4.78, 5) is 2.54. The van der Waals surface area contributed by atoms with Crippen molar-refractivity contribution in [3.05, 3.63) is 60.3 Å². The fourth-order valence-electron chi connectivity index (χ4n) is 3.82. The standard InChI is InChI=1S/C23H34N2O2/c1-18-7-9-22(10-8-18)27-23-13-11-21(12-14-23)26-17-20-6-4-16-25(20)15-3-5-19(2)24/h7,9-11,13-14,18,20-21H,2-6,8,12,15-17,24H2,1H3. The quantitative estimate of drug-likeness (QED) is 0.652. The van der Waals surface area contributed by atoms with Gasteiger partial charge in [0.25, 0.3) is 0 Å². The second kappa shape index (κ2) is 9.95. The Labute approximate surface area is 164 Å². The van der Waals surface area contributed by atoms with E-state index in [-0.39, 0.29) is 6.10 Å². The minimum atomic E-state index is 0.152. The lowest BCUT2D eigenvalue weighted by molar-refractivity contribution is 0.0420. The van der Waals surface area contributed by atoms with Crippen molar-refractivity contribution in [3.8, 4) is 0 Å². The van der Waals surface area contributed by atoms with Crippen molar-refractivity contribution in [2.75, 3.05) is 19.7 Å². The summed E-state index contributed by atoms with van der Waals surface area (Å²) in [5.41, 5.74) is 6.46. The molecule has 0 aromatic rings. The molecular weight excluding hydrogens is 336 g/mol. The highest BCUT2D eigenvalue weighted by Gasteiger charge is 2.25. The molecule has 4 heteroatoms. The van der Waals surface area contributed by atoms with Gasteiger partial charge in [0.15, 0.2) is 0 Å². The summed E-state index contributed by atoms with van der Waals surface area (Å²) in [6, 6.07) is 0.533. The van der Waals surface area contributed by atoms with E-state index in [1.807, 2.05) is 6.08 Å². The molecule has 1 fully saturated rings. The topological polar surface area (TPSA) is 47.7 Å². The van der Waals surface area contributed by atoms with Crippen LogP contribution in [0.25, 0.3) is 0 Å². The second-order valence-corrected chi connectivity index (χ2v) is 7.95. The molecule has 148 valence electrons. The first-order chi connectivity index (χ1) is 13.1. The molecule has 0 aromatic heterocycles. The maximum atomic E-state index is 6.18. The van der Waals surface area contributed by atoms with Crippen LogP contribution in [0.2, 0.25) is 0 Å². The van der Waals surface area contributed by atoms with E-state index in [1.54, 1.807) is 0 Å². The monoisotopic (exact) mass is 370 g/mol. The summed E-state index contributed by atoms with van der Waals surface area (Å²) < 4.78 is 12.1. The average molecular weight is 371 g/mol. The van der Waals surface area contributed by atoms with Crippen LogP contribution in [0, 0.1) is 5.92 Å². The minimum Gasteiger partial charge on any atom is -0.458 e. The molecule has 1 aliphatic heterocycles. The molecule has 1 saturated heterocycles. The van der Waals surface area contributed by atoms with Crippen LogP contribution in [0.5, 0.6) is 0 Å². The minimum absolute atomic E-state index is 0.152. The summed E-state index contributed by atoms with van der Waals surface area (Å²) >= 11 is 0. The van der Waals surface area contributed by atoms with Crippen molar-refractivity contribution in [1.29, 1.82) is 0 Å². The van der Waals surface area contributed by atoms with E-state index in [2.05, 4.69) is 48.8 Å². The fraction of sp³-hybridized carbons (Fsp3) is 0.565. The molecule has 0 aromatic carbocycles. The first kappa shape index (κ1) is 20.0. The van der Waals surface area contributed by atoms with Gasteiger partial charge in [-0.25, -0.2) is 0 Å². The predicted octanol–water partition coefficient (Wildman–Crippen LogP) is 4.43. The van der Waals surface area contributed by atoms with Crippen LogP contribution in [0.1, 0.15) is 45.4 Å². The zero-order chi connectivity index (χ0) is 19.1. The molecule has 4 nitrogen and oxygen atoms in total. The number of hydrogen-bond donors (Lipinski definition) is 1. The van der Waals surface area contributed by atoms with Crippen LogP contribution >= 0.6 is 0 Å². The lowest BCUT2D eigenvalue weighted by Crippen LogP contribution is -2.35. The number of allylic oxidation sites excluding steroid dienone is 5. The van der Waals surface area contributed by atoms with Crippen LogP contribution in [0.15, 0.2) is 60.3 Å². The summed E-state index contributed by atoms with van der Waals surface area (Å²) in [6.07, 6.45) is 19.3. The van der Waals surface area contributed by atoms with Crippen molar-refractivity contribution in [1.82, 2.24) is 4.90 Å². The molecule has 3 aliphatic rings. The van der Waals surface area contributed by atoms with Gasteiger partial charge in [0.2, 0.25) is 0 Å². The van der Waals surface area contributed by atoms with Crippen LogP contribution in [-0.4, -0.2) is 36.7 Å². The largest absolute Gasteiger partial charge is 0.458 e. The molecule has 2 aliphatic carbocycles. The number of nitrogens with two attached hydrogens (primary N) is 1. The highest BCUT2D eigenvalue weighted by atomic mass is 16.5. The summed E-state index contributed by atoms with van der Waals surface area (Å²) in [5, 5.41) is 0. The zero-order valence-electron chi connectivity index (χ0n) is 16.6. The van der Waals surface area contributed by atoms with Crippen LogP contribution in [0.3, 0.4) is 0 Å². The summed E-state index contributed by atoms with van der Waals surface area (Å²) in [6.45, 7) is 9.06. The van der Waals surface area contributed by atoms with Crippen molar-refractivity contribution < 1.29 is 9.47 Å². The number of likely N-dealkylation sites (tertiary alicyclic amines) is 1. The van der Waals surface area contributed by atoms with Gasteiger partial charge in [0.1, 0.15) is 11.5 Å². The van der Waals surface area contributed by atoms with Gasteiger partial charge in [-0.05, 0) is 81.8 Å². The number of rotatable bonds is 9. The molecule has 0 radical (unpaired) electrons. The molecule has 2 N–H and O–H groups in total. The van der Waals surface area contributed by atoms with Gasteiger partial charge in [-0.2, -0.15) is 0 Å². The third-order valence-corrected chi connectivity index (χ3v) is 5.49. The molecule has 3 unspecified atom stereocenters. The van der Waals surface area contributed by atoms with Gasteiger partial charge in [-0.3, -0.25) is 4.90 Å². The van der Waals surface area contributed by atoms with Gasteiger partial charge >= 0.3 is 0 Å². The molecular formula is C23H34N2O2. The Bertz CT molecular complexity index is 632. The van der Waals surface area contributed by atoms with Gasteiger partial charge < -0.3 is 15.2 Å². The molecule has 0 amide bonds. The van der Waals surface area contributed by atoms with E-state index in [4.69, 9.17) is 15.2 Å². The van der Waals surface area contributed by atoms with Crippen LogP contribution < -0.4 is 5.73 Å². The van der Waals surface area contributed by atoms with E-state index in [0.717, 1.165) is 56.1 Å². The number of hydrogen-bond acceptors (Lipinski definition) is 4. The van der Waals surface area contributed by atoms with E-state index < -0.39 is 0 Å². The normalized spacial score (nSPS) is 28.1. The highest BCUT2D eigenvalue weighted by Crippen LogP contribution is 2.23. The van der Waals surface area contributed by atoms with E-state index >= 15 is 0 Å². The Morgan fingerprint density at radius 3 is 2.67 bits per heavy atom. The summed E-state index contributed by atoms with van der Waals surface area (Å²) in [7, 11) is 0. The van der Waals surface area contributed by atoms with Crippen molar-refractivity contribution in [3.63, 3.8) is 0 Å². The van der Waals surface area contributed by atoms with Gasteiger partial charge in [-0.1, -0.05) is 25.7 Å². The second-order valence-electron chi connectivity index (χ2n) is 7.95. The Hall–Kier alpha value is -1.78. The smallest absolute Gasteiger partial charge is 0.123 e. The molecule has 0 saturated carbocycles. The van der Waals surface area contributed by atoms with Gasteiger partial charge in [0, 0.05) is 11.7 Å². The molecule has 1 heterocycles. The Morgan fingerprint density at radius 1 is 1.22 bits per heavy atom. The Morgan fingerprint density at radius 2 is 2.00 bits per heavy atom. The fourth-order valence-corrected chi connectivity index (χ4v) is 3.82. The van der Waals surface area contributed by atoms with Crippen molar-refractivity contribution in [2.24, 2.45) is 11.7 Å². The van der Waals surface area contributed by atoms with Crippen molar-refractivity contribution >= 4 is 0 Å². The average Bonchev–Trinajstić information content (AvgIpc) is 3.10. The number of nitrogens with zero attached hydrogens (tertiary/aromatic N) is 1. The maximum Gasteiger partial charge on any atom is 0.123 e. The first-order valence-electron chi connectivity index (χ1n) is 10.3. The maximum absolute atomic E-state index is 6.18. The molecule has 3 rings (SSSR count). The first-order valence-corrected chi connectivity index (χ1v) is 10.3. The van der Waals surface area contributed by atoms with Crippen LogP contribution in [0.4, 0.5) is 0 Å². The van der Waals surface area contributed by atoms with Crippen LogP contribution in [-0.2, 0) is 9.47 Å². The zero-order valence-corrected chi connectivity index (χ0v) is 16.6. The van der Waals surface area contributed by atoms with E-state index in [1.165, 1.54) is 19.4 Å². The lowest BCUT2D eigenvalue weighted by Gasteiger charge is -2.26. The highest BCUT2D eigenvalue weighted by molar-refractivity contribution is 5.25. The lowest BCUT2D eigenvalue weighted by atomic mass is 10.0. The molecule has 0 spiro atoms. The Balaban J connectivity index is 1.37. The predicted molar refractivity (Wildman–Crippen MR) is 111 cm³/mol. The van der Waals surface area contributed by atoms with Gasteiger partial charge in [0.05, 0.1) is 12.7 Å². The van der Waals surface area contributed by atoms with Crippen molar-refractivity contribution in [2.45, 2.75) is 57.6 Å².